The minimum atomic E-state index is -0.521. The van der Waals surface area contributed by atoms with Crippen LogP contribution < -0.4 is 0 Å². The summed E-state index contributed by atoms with van der Waals surface area (Å²) >= 11 is 0. The summed E-state index contributed by atoms with van der Waals surface area (Å²) in [4.78, 5) is 24.7. The molecule has 0 saturated carbocycles. The van der Waals surface area contributed by atoms with Gasteiger partial charge in [-0.2, -0.15) is 0 Å². The third kappa shape index (κ3) is 2.50. The number of carbonyl (C=O) groups excluding carboxylic acids is 2. The number of ether oxygens (including phenoxy) is 1. The molecule has 1 unspecified atom stereocenters. The van der Waals surface area contributed by atoms with Gasteiger partial charge >= 0.3 is 5.97 Å². The fraction of sp³-hybridized carbons (Fsp3) is 0.385. The summed E-state index contributed by atoms with van der Waals surface area (Å²) in [7, 11) is 1.31. The Balaban J connectivity index is 2.12. The van der Waals surface area contributed by atoms with Crippen LogP contribution in [0.1, 0.15) is 18.4 Å². The molecule has 1 amide bonds. The normalized spacial score (nSPS) is 19.1. The summed E-state index contributed by atoms with van der Waals surface area (Å²) in [6, 6.07) is 5.36. The maximum Gasteiger partial charge on any atom is 0.328 e. The van der Waals surface area contributed by atoms with Gasteiger partial charge in [0.25, 0.3) is 0 Å². The number of methoxy groups -OCH3 is 1. The first-order valence-corrected chi connectivity index (χ1v) is 5.73. The second kappa shape index (κ2) is 5.16. The van der Waals surface area contributed by atoms with E-state index in [0.29, 0.717) is 19.4 Å². The molecule has 0 bridgehead atoms. The van der Waals surface area contributed by atoms with Crippen molar-refractivity contribution in [3.05, 3.63) is 35.6 Å². The van der Waals surface area contributed by atoms with Gasteiger partial charge in [0.2, 0.25) is 5.91 Å². The zero-order chi connectivity index (χ0) is 13.1. The third-order valence-corrected chi connectivity index (χ3v) is 3.07. The fourth-order valence-corrected chi connectivity index (χ4v) is 2.10. The summed E-state index contributed by atoms with van der Waals surface area (Å²) in [6.07, 6.45) is 0.827. The van der Waals surface area contributed by atoms with E-state index in [1.54, 1.807) is 12.1 Å². The van der Waals surface area contributed by atoms with Gasteiger partial charge in [0.05, 0.1) is 7.11 Å². The average molecular weight is 251 g/mol. The Morgan fingerprint density at radius 3 is 2.72 bits per heavy atom. The largest absolute Gasteiger partial charge is 0.467 e. The smallest absolute Gasteiger partial charge is 0.328 e. The lowest BCUT2D eigenvalue weighted by Crippen LogP contribution is -2.38. The second-order valence-corrected chi connectivity index (χ2v) is 4.23. The van der Waals surface area contributed by atoms with Crippen LogP contribution in [-0.2, 0) is 20.9 Å². The lowest BCUT2D eigenvalue weighted by Gasteiger charge is -2.22. The highest BCUT2D eigenvalue weighted by molar-refractivity contribution is 5.88. The summed E-state index contributed by atoms with van der Waals surface area (Å²) in [5.41, 5.74) is 0.792. The number of rotatable bonds is 3. The van der Waals surface area contributed by atoms with Crippen molar-refractivity contribution in [2.45, 2.75) is 25.4 Å². The Labute approximate surface area is 104 Å². The predicted molar refractivity (Wildman–Crippen MR) is 62.0 cm³/mol. The van der Waals surface area contributed by atoms with E-state index in [0.717, 1.165) is 5.56 Å². The first-order valence-electron chi connectivity index (χ1n) is 5.73. The van der Waals surface area contributed by atoms with Crippen molar-refractivity contribution in [1.29, 1.82) is 0 Å². The first-order chi connectivity index (χ1) is 8.61. The monoisotopic (exact) mass is 251 g/mol. The Kier molecular flexibility index (Phi) is 3.60. The highest BCUT2D eigenvalue weighted by Crippen LogP contribution is 2.22. The topological polar surface area (TPSA) is 46.6 Å². The number of amides is 1. The van der Waals surface area contributed by atoms with Gasteiger partial charge in [-0.3, -0.25) is 4.79 Å². The van der Waals surface area contributed by atoms with Gasteiger partial charge in [0, 0.05) is 13.0 Å². The minimum Gasteiger partial charge on any atom is -0.467 e. The van der Waals surface area contributed by atoms with Crippen LogP contribution >= 0.6 is 0 Å². The van der Waals surface area contributed by atoms with Crippen LogP contribution in [-0.4, -0.2) is 29.9 Å². The van der Waals surface area contributed by atoms with Crippen molar-refractivity contribution in [3.63, 3.8) is 0 Å². The molecule has 0 aromatic heterocycles. The fourth-order valence-electron chi connectivity index (χ4n) is 2.10. The zero-order valence-electron chi connectivity index (χ0n) is 10.1. The number of benzene rings is 1. The van der Waals surface area contributed by atoms with E-state index in [2.05, 4.69) is 4.74 Å². The molecule has 0 aliphatic carbocycles. The number of halogens is 1. The van der Waals surface area contributed by atoms with Gasteiger partial charge < -0.3 is 9.64 Å². The van der Waals surface area contributed by atoms with Gasteiger partial charge in [0.1, 0.15) is 11.9 Å². The van der Waals surface area contributed by atoms with Crippen LogP contribution in [0, 0.1) is 5.82 Å². The molecule has 0 N–H and O–H groups in total. The van der Waals surface area contributed by atoms with Crippen molar-refractivity contribution in [2.75, 3.05) is 7.11 Å². The van der Waals surface area contributed by atoms with Gasteiger partial charge in [-0.05, 0) is 24.1 Å². The molecular formula is C13H14FNO3. The van der Waals surface area contributed by atoms with E-state index in [1.807, 2.05) is 0 Å². The molecule has 4 nitrogen and oxygen atoms in total. The maximum atomic E-state index is 12.8. The van der Waals surface area contributed by atoms with Crippen LogP contribution in [0.2, 0.25) is 0 Å². The molecular weight excluding hydrogens is 237 g/mol. The Bertz CT molecular complexity index is 458. The molecule has 1 heterocycles. The molecule has 2 rings (SSSR count). The summed E-state index contributed by atoms with van der Waals surface area (Å²) < 4.78 is 17.5. The molecule has 1 aliphatic heterocycles. The second-order valence-electron chi connectivity index (χ2n) is 4.23. The summed E-state index contributed by atoms with van der Waals surface area (Å²) in [5, 5.41) is 0. The highest BCUT2D eigenvalue weighted by Gasteiger charge is 2.36. The molecule has 0 radical (unpaired) electrons. The quantitative estimate of drug-likeness (QED) is 0.765. The molecule has 1 saturated heterocycles. The number of hydrogen-bond donors (Lipinski definition) is 0. The lowest BCUT2D eigenvalue weighted by atomic mass is 10.2. The van der Waals surface area contributed by atoms with Gasteiger partial charge in [-0.25, -0.2) is 9.18 Å². The Morgan fingerprint density at radius 2 is 2.11 bits per heavy atom. The molecule has 5 heteroatoms. The van der Waals surface area contributed by atoms with E-state index in [4.69, 9.17) is 0 Å². The molecule has 1 atom stereocenters. The first kappa shape index (κ1) is 12.5. The predicted octanol–water partition coefficient (Wildman–Crippen LogP) is 1.49. The van der Waals surface area contributed by atoms with Crippen molar-refractivity contribution >= 4 is 11.9 Å². The van der Waals surface area contributed by atoms with E-state index in [-0.39, 0.29) is 11.7 Å². The van der Waals surface area contributed by atoms with E-state index >= 15 is 0 Å². The Hall–Kier alpha value is -1.91. The number of hydrogen-bond acceptors (Lipinski definition) is 3. The molecule has 0 spiro atoms. The molecule has 1 aliphatic rings. The van der Waals surface area contributed by atoms with Crippen LogP contribution in [0.3, 0.4) is 0 Å². The van der Waals surface area contributed by atoms with Crippen molar-refractivity contribution < 1.29 is 18.7 Å². The standard InChI is InChI=1S/C13H14FNO3/c1-18-13(17)11-6-7-12(16)15(11)8-9-2-4-10(14)5-3-9/h2-5,11H,6-8H2,1H3. The van der Waals surface area contributed by atoms with E-state index < -0.39 is 12.0 Å². The highest BCUT2D eigenvalue weighted by atomic mass is 19.1. The van der Waals surface area contributed by atoms with Crippen LogP contribution in [0.25, 0.3) is 0 Å². The van der Waals surface area contributed by atoms with Gasteiger partial charge in [-0.15, -0.1) is 0 Å². The van der Waals surface area contributed by atoms with E-state index in [9.17, 15) is 14.0 Å². The molecule has 18 heavy (non-hydrogen) atoms. The van der Waals surface area contributed by atoms with Crippen LogP contribution in [0.5, 0.6) is 0 Å². The summed E-state index contributed by atoms with van der Waals surface area (Å²) in [6.45, 7) is 0.304. The molecule has 1 fully saturated rings. The molecule has 1 aromatic carbocycles. The number of nitrogens with zero attached hydrogens (tertiary/aromatic N) is 1. The van der Waals surface area contributed by atoms with Gasteiger partial charge in [0.15, 0.2) is 0 Å². The Morgan fingerprint density at radius 1 is 1.44 bits per heavy atom. The molecule has 1 aromatic rings. The van der Waals surface area contributed by atoms with Crippen molar-refractivity contribution in [2.24, 2.45) is 0 Å². The lowest BCUT2D eigenvalue weighted by molar-refractivity contribution is -0.149. The summed E-state index contributed by atoms with van der Waals surface area (Å²) in [5.74, 6) is -0.797. The number of esters is 1. The van der Waals surface area contributed by atoms with Crippen molar-refractivity contribution in [1.82, 2.24) is 4.90 Å². The van der Waals surface area contributed by atoms with Crippen LogP contribution in [0.15, 0.2) is 24.3 Å². The van der Waals surface area contributed by atoms with Gasteiger partial charge in [-0.1, -0.05) is 12.1 Å². The maximum absolute atomic E-state index is 12.8. The number of likely N-dealkylation sites (tertiary alicyclic amines) is 1. The molecule has 96 valence electrons. The van der Waals surface area contributed by atoms with Crippen LogP contribution in [0.4, 0.5) is 4.39 Å². The minimum absolute atomic E-state index is 0.0743. The van der Waals surface area contributed by atoms with E-state index in [1.165, 1.54) is 24.1 Å². The van der Waals surface area contributed by atoms with Crippen molar-refractivity contribution in [3.8, 4) is 0 Å². The average Bonchev–Trinajstić information content (AvgIpc) is 2.73. The SMILES string of the molecule is COC(=O)C1CCC(=O)N1Cc1ccc(F)cc1. The third-order valence-electron chi connectivity index (χ3n) is 3.07. The zero-order valence-corrected chi connectivity index (χ0v) is 10.1. The number of carbonyl (C=O) groups is 2.